The Bertz CT molecular complexity index is 833. The molecule has 0 saturated carbocycles. The highest BCUT2D eigenvalue weighted by molar-refractivity contribution is 5.88. The SMILES string of the molecule is Cc1cc(-c2cccc(-c3ccc(C(=O)O)cc3)n2)c(C)[nH]1. The number of aromatic nitrogens is 2. The van der Waals surface area contributed by atoms with E-state index >= 15 is 0 Å². The molecule has 0 radical (unpaired) electrons. The van der Waals surface area contributed by atoms with Gasteiger partial charge in [-0.25, -0.2) is 9.78 Å². The van der Waals surface area contributed by atoms with Crippen molar-refractivity contribution in [1.82, 2.24) is 9.97 Å². The summed E-state index contributed by atoms with van der Waals surface area (Å²) in [6, 6.07) is 14.7. The van der Waals surface area contributed by atoms with Crippen molar-refractivity contribution in [1.29, 1.82) is 0 Å². The van der Waals surface area contributed by atoms with E-state index in [9.17, 15) is 4.79 Å². The molecule has 4 heteroatoms. The number of hydrogen-bond donors (Lipinski definition) is 2. The Morgan fingerprint density at radius 2 is 1.73 bits per heavy atom. The van der Waals surface area contributed by atoms with Crippen LogP contribution in [0.2, 0.25) is 0 Å². The highest BCUT2D eigenvalue weighted by atomic mass is 16.4. The zero-order valence-electron chi connectivity index (χ0n) is 12.4. The number of H-pyrrole nitrogens is 1. The van der Waals surface area contributed by atoms with E-state index in [0.717, 1.165) is 33.9 Å². The molecule has 0 unspecified atom stereocenters. The van der Waals surface area contributed by atoms with Gasteiger partial charge >= 0.3 is 5.97 Å². The first-order valence-electron chi connectivity index (χ1n) is 7.02. The quantitative estimate of drug-likeness (QED) is 0.765. The normalized spacial score (nSPS) is 10.6. The number of rotatable bonds is 3. The van der Waals surface area contributed by atoms with Gasteiger partial charge in [-0.2, -0.15) is 0 Å². The molecule has 2 N–H and O–H groups in total. The number of aryl methyl sites for hydroxylation is 2. The Hall–Kier alpha value is -2.88. The van der Waals surface area contributed by atoms with Gasteiger partial charge in [-0.15, -0.1) is 0 Å². The summed E-state index contributed by atoms with van der Waals surface area (Å²) in [4.78, 5) is 18.9. The Labute approximate surface area is 128 Å². The smallest absolute Gasteiger partial charge is 0.335 e. The van der Waals surface area contributed by atoms with Crippen LogP contribution in [0.3, 0.4) is 0 Å². The second kappa shape index (κ2) is 5.48. The van der Waals surface area contributed by atoms with Crippen LogP contribution in [-0.4, -0.2) is 21.0 Å². The maximum absolute atomic E-state index is 10.9. The molecular weight excluding hydrogens is 276 g/mol. The summed E-state index contributed by atoms with van der Waals surface area (Å²) in [7, 11) is 0. The van der Waals surface area contributed by atoms with E-state index in [2.05, 4.69) is 11.1 Å². The molecule has 1 aromatic carbocycles. The maximum atomic E-state index is 10.9. The molecule has 22 heavy (non-hydrogen) atoms. The molecule has 0 aliphatic rings. The summed E-state index contributed by atoms with van der Waals surface area (Å²) in [5, 5.41) is 8.95. The van der Waals surface area contributed by atoms with Crippen LogP contribution in [0.1, 0.15) is 21.7 Å². The fraction of sp³-hybridized carbons (Fsp3) is 0.111. The highest BCUT2D eigenvalue weighted by Crippen LogP contribution is 2.25. The number of pyridine rings is 1. The van der Waals surface area contributed by atoms with Crippen LogP contribution >= 0.6 is 0 Å². The van der Waals surface area contributed by atoms with Gasteiger partial charge in [0.25, 0.3) is 0 Å². The number of carboxylic acids is 1. The van der Waals surface area contributed by atoms with E-state index in [-0.39, 0.29) is 5.56 Å². The summed E-state index contributed by atoms with van der Waals surface area (Å²) in [6.07, 6.45) is 0. The summed E-state index contributed by atoms with van der Waals surface area (Å²) in [5.74, 6) is -0.924. The molecule has 3 aromatic rings. The Morgan fingerprint density at radius 1 is 1.05 bits per heavy atom. The van der Waals surface area contributed by atoms with Gasteiger partial charge in [0.15, 0.2) is 0 Å². The Morgan fingerprint density at radius 3 is 2.32 bits per heavy atom. The third-order valence-electron chi connectivity index (χ3n) is 3.60. The van der Waals surface area contributed by atoms with Crippen molar-refractivity contribution in [3.05, 3.63) is 65.5 Å². The molecule has 4 nitrogen and oxygen atoms in total. The van der Waals surface area contributed by atoms with Crippen LogP contribution in [0, 0.1) is 13.8 Å². The van der Waals surface area contributed by atoms with Crippen molar-refractivity contribution < 1.29 is 9.90 Å². The van der Waals surface area contributed by atoms with Crippen molar-refractivity contribution in [2.75, 3.05) is 0 Å². The molecule has 0 saturated heterocycles. The predicted octanol–water partition coefficient (Wildman–Crippen LogP) is 4.06. The zero-order chi connectivity index (χ0) is 15.7. The molecular formula is C18H16N2O2. The van der Waals surface area contributed by atoms with Crippen LogP contribution in [0.15, 0.2) is 48.5 Å². The van der Waals surface area contributed by atoms with Crippen LogP contribution in [0.4, 0.5) is 0 Å². The van der Waals surface area contributed by atoms with Crippen molar-refractivity contribution in [3.63, 3.8) is 0 Å². The molecule has 0 amide bonds. The van der Waals surface area contributed by atoms with E-state index in [1.807, 2.05) is 32.0 Å². The van der Waals surface area contributed by atoms with Crippen molar-refractivity contribution in [2.45, 2.75) is 13.8 Å². The lowest BCUT2D eigenvalue weighted by atomic mass is 10.1. The van der Waals surface area contributed by atoms with Crippen molar-refractivity contribution in [3.8, 4) is 22.5 Å². The predicted molar refractivity (Wildman–Crippen MR) is 85.9 cm³/mol. The Kier molecular flexibility index (Phi) is 3.51. The molecule has 0 aliphatic carbocycles. The van der Waals surface area contributed by atoms with Crippen LogP contribution < -0.4 is 0 Å². The van der Waals surface area contributed by atoms with Crippen LogP contribution in [0.5, 0.6) is 0 Å². The summed E-state index contributed by atoms with van der Waals surface area (Å²) in [5.41, 5.74) is 6.18. The van der Waals surface area contributed by atoms with Crippen molar-refractivity contribution >= 4 is 5.97 Å². The Balaban J connectivity index is 2.00. The van der Waals surface area contributed by atoms with E-state index < -0.39 is 5.97 Å². The molecule has 2 aromatic heterocycles. The number of benzene rings is 1. The minimum Gasteiger partial charge on any atom is -0.478 e. The number of carbonyl (C=O) groups is 1. The molecule has 3 rings (SSSR count). The fourth-order valence-electron chi connectivity index (χ4n) is 2.52. The first-order chi connectivity index (χ1) is 10.5. The highest BCUT2D eigenvalue weighted by Gasteiger charge is 2.09. The fourth-order valence-corrected chi connectivity index (χ4v) is 2.52. The van der Waals surface area contributed by atoms with E-state index in [1.165, 1.54) is 0 Å². The molecule has 0 spiro atoms. The largest absolute Gasteiger partial charge is 0.478 e. The van der Waals surface area contributed by atoms with Gasteiger partial charge < -0.3 is 10.1 Å². The monoisotopic (exact) mass is 292 g/mol. The van der Waals surface area contributed by atoms with Crippen LogP contribution in [-0.2, 0) is 0 Å². The summed E-state index contributed by atoms with van der Waals surface area (Å²) in [6.45, 7) is 4.04. The number of aromatic amines is 1. The molecule has 0 atom stereocenters. The van der Waals surface area contributed by atoms with Gasteiger partial charge in [-0.3, -0.25) is 0 Å². The molecule has 2 heterocycles. The molecule has 110 valence electrons. The maximum Gasteiger partial charge on any atom is 0.335 e. The lowest BCUT2D eigenvalue weighted by molar-refractivity contribution is 0.0697. The number of carboxylic acid groups (broad SMARTS) is 1. The summed E-state index contributed by atoms with van der Waals surface area (Å²) >= 11 is 0. The lowest BCUT2D eigenvalue weighted by Crippen LogP contribution is -1.95. The van der Waals surface area contributed by atoms with Gasteiger partial charge in [0.05, 0.1) is 17.0 Å². The lowest BCUT2D eigenvalue weighted by Gasteiger charge is -2.05. The minimum absolute atomic E-state index is 0.275. The molecule has 0 fully saturated rings. The van der Waals surface area contributed by atoms with Gasteiger partial charge in [-0.05, 0) is 44.2 Å². The van der Waals surface area contributed by atoms with E-state index in [4.69, 9.17) is 10.1 Å². The summed E-state index contributed by atoms with van der Waals surface area (Å²) < 4.78 is 0. The number of nitrogens with one attached hydrogen (secondary N) is 1. The van der Waals surface area contributed by atoms with E-state index in [0.29, 0.717) is 0 Å². The topological polar surface area (TPSA) is 66.0 Å². The number of aromatic carboxylic acids is 1. The average Bonchev–Trinajstić information content (AvgIpc) is 2.86. The second-order valence-electron chi connectivity index (χ2n) is 5.28. The minimum atomic E-state index is -0.924. The first kappa shape index (κ1) is 14.1. The third-order valence-corrected chi connectivity index (χ3v) is 3.60. The first-order valence-corrected chi connectivity index (χ1v) is 7.02. The zero-order valence-corrected chi connectivity index (χ0v) is 12.4. The average molecular weight is 292 g/mol. The third kappa shape index (κ3) is 2.63. The van der Waals surface area contributed by atoms with Crippen LogP contribution in [0.25, 0.3) is 22.5 Å². The van der Waals surface area contributed by atoms with Crippen molar-refractivity contribution in [2.24, 2.45) is 0 Å². The van der Waals surface area contributed by atoms with Gasteiger partial charge in [-0.1, -0.05) is 18.2 Å². The standard InChI is InChI=1S/C18H16N2O2/c1-11-10-15(12(2)19-11)17-5-3-4-16(20-17)13-6-8-14(9-7-13)18(21)22/h3-10,19H,1-2H3,(H,21,22). The molecule has 0 aliphatic heterocycles. The van der Waals surface area contributed by atoms with Gasteiger partial charge in [0.2, 0.25) is 0 Å². The van der Waals surface area contributed by atoms with Gasteiger partial charge in [0.1, 0.15) is 0 Å². The van der Waals surface area contributed by atoms with Gasteiger partial charge in [0, 0.05) is 22.5 Å². The molecule has 0 bridgehead atoms. The second-order valence-corrected chi connectivity index (χ2v) is 5.28. The number of nitrogens with zero attached hydrogens (tertiary/aromatic N) is 1. The number of hydrogen-bond acceptors (Lipinski definition) is 2. The van der Waals surface area contributed by atoms with E-state index in [1.54, 1.807) is 24.3 Å².